The molecule has 0 aliphatic heterocycles. The summed E-state index contributed by atoms with van der Waals surface area (Å²) < 4.78 is 6.38. The summed E-state index contributed by atoms with van der Waals surface area (Å²) >= 11 is 7.09. The van der Waals surface area contributed by atoms with E-state index in [0.29, 0.717) is 11.3 Å². The molecule has 2 aromatic carbocycles. The van der Waals surface area contributed by atoms with Gasteiger partial charge in [0.1, 0.15) is 5.75 Å². The van der Waals surface area contributed by atoms with Crippen LogP contribution in [-0.4, -0.2) is 23.5 Å². The Balaban J connectivity index is 1.79. The molecule has 0 aliphatic carbocycles. The number of thiocarbonyl (C=S) groups is 1. The van der Waals surface area contributed by atoms with Crippen LogP contribution in [0.15, 0.2) is 48.5 Å². The second-order valence-corrected chi connectivity index (χ2v) is 7.49. The summed E-state index contributed by atoms with van der Waals surface area (Å²) in [5.74, 6) is 0.177. The molecular formula is C19H20IN3O3S. The molecule has 0 radical (unpaired) electrons. The summed E-state index contributed by atoms with van der Waals surface area (Å²) in [6, 6.07) is 14.7. The number of rotatable bonds is 5. The highest BCUT2D eigenvalue weighted by molar-refractivity contribution is 14.1. The molecule has 0 saturated heterocycles. The van der Waals surface area contributed by atoms with Crippen molar-refractivity contribution in [2.75, 3.05) is 6.61 Å². The van der Waals surface area contributed by atoms with Gasteiger partial charge in [0, 0.05) is 3.57 Å². The monoisotopic (exact) mass is 497 g/mol. The van der Waals surface area contributed by atoms with Gasteiger partial charge in [-0.2, -0.15) is 0 Å². The van der Waals surface area contributed by atoms with E-state index in [1.54, 1.807) is 12.1 Å². The smallest absolute Gasteiger partial charge is 0.276 e. The Labute approximate surface area is 177 Å². The molecule has 0 saturated carbocycles. The van der Waals surface area contributed by atoms with E-state index in [4.69, 9.17) is 17.0 Å². The Morgan fingerprint density at radius 2 is 1.74 bits per heavy atom. The van der Waals surface area contributed by atoms with Crippen molar-refractivity contribution in [2.24, 2.45) is 0 Å². The maximum atomic E-state index is 12.2. The van der Waals surface area contributed by atoms with Gasteiger partial charge in [-0.1, -0.05) is 44.2 Å². The molecule has 0 atom stereocenters. The summed E-state index contributed by atoms with van der Waals surface area (Å²) in [5.41, 5.74) is 6.42. The molecule has 0 bridgehead atoms. The van der Waals surface area contributed by atoms with Crippen LogP contribution in [-0.2, 0) is 4.79 Å². The standard InChI is InChI=1S/C19H20IN3O3S/c1-12(2)13-7-4-6-10-16(13)26-11-17(24)22-23-19(27)21-18(25)14-8-3-5-9-15(14)20/h3-10,12H,11H2,1-2H3,(H,22,24)(H2,21,23,25,27). The van der Waals surface area contributed by atoms with E-state index in [0.717, 1.165) is 9.13 Å². The Morgan fingerprint density at radius 3 is 2.44 bits per heavy atom. The third kappa shape index (κ3) is 6.47. The highest BCUT2D eigenvalue weighted by atomic mass is 127. The van der Waals surface area contributed by atoms with Crippen LogP contribution in [0.25, 0.3) is 0 Å². The molecule has 2 amide bonds. The lowest BCUT2D eigenvalue weighted by atomic mass is 10.0. The van der Waals surface area contributed by atoms with Gasteiger partial charge in [-0.25, -0.2) is 0 Å². The van der Waals surface area contributed by atoms with Crippen LogP contribution in [0.4, 0.5) is 0 Å². The van der Waals surface area contributed by atoms with Crippen LogP contribution in [0.3, 0.4) is 0 Å². The topological polar surface area (TPSA) is 79.5 Å². The number of amides is 2. The van der Waals surface area contributed by atoms with Crippen LogP contribution >= 0.6 is 34.8 Å². The SMILES string of the molecule is CC(C)c1ccccc1OCC(=O)NNC(=S)NC(=O)c1ccccc1I. The van der Waals surface area contributed by atoms with Gasteiger partial charge in [-0.3, -0.25) is 25.8 Å². The molecule has 0 aliphatic rings. The van der Waals surface area contributed by atoms with E-state index in [2.05, 4.69) is 52.6 Å². The predicted molar refractivity (Wildman–Crippen MR) is 117 cm³/mol. The number of nitrogens with one attached hydrogen (secondary N) is 3. The molecule has 0 unspecified atom stereocenters. The molecule has 0 spiro atoms. The molecule has 0 fully saturated rings. The molecule has 6 nitrogen and oxygen atoms in total. The van der Waals surface area contributed by atoms with Crippen LogP contribution in [0, 0.1) is 3.57 Å². The van der Waals surface area contributed by atoms with Gasteiger partial charge in [0.25, 0.3) is 11.8 Å². The number of ether oxygens (including phenoxy) is 1. The molecular weight excluding hydrogens is 477 g/mol. The molecule has 2 rings (SSSR count). The zero-order chi connectivity index (χ0) is 19.8. The fourth-order valence-corrected chi connectivity index (χ4v) is 3.02. The van der Waals surface area contributed by atoms with Crippen molar-refractivity contribution in [1.82, 2.24) is 16.2 Å². The molecule has 0 aromatic heterocycles. The maximum absolute atomic E-state index is 12.2. The lowest BCUT2D eigenvalue weighted by Crippen LogP contribution is -2.49. The predicted octanol–water partition coefficient (Wildman–Crippen LogP) is 3.13. The molecule has 27 heavy (non-hydrogen) atoms. The summed E-state index contributed by atoms with van der Waals surface area (Å²) in [6.07, 6.45) is 0. The lowest BCUT2D eigenvalue weighted by molar-refractivity contribution is -0.123. The fraction of sp³-hybridized carbons (Fsp3) is 0.211. The van der Waals surface area contributed by atoms with Crippen molar-refractivity contribution in [3.8, 4) is 5.75 Å². The largest absolute Gasteiger partial charge is 0.483 e. The summed E-state index contributed by atoms with van der Waals surface area (Å²) in [4.78, 5) is 24.1. The van der Waals surface area contributed by atoms with Crippen molar-refractivity contribution in [3.05, 3.63) is 63.2 Å². The van der Waals surface area contributed by atoms with Gasteiger partial charge >= 0.3 is 0 Å². The van der Waals surface area contributed by atoms with Gasteiger partial charge in [0.2, 0.25) is 0 Å². The van der Waals surface area contributed by atoms with Gasteiger partial charge in [-0.15, -0.1) is 0 Å². The van der Waals surface area contributed by atoms with Gasteiger partial charge < -0.3 is 4.74 Å². The quantitative estimate of drug-likeness (QED) is 0.336. The van der Waals surface area contributed by atoms with Gasteiger partial charge in [-0.05, 0) is 64.5 Å². The van der Waals surface area contributed by atoms with Crippen molar-refractivity contribution < 1.29 is 14.3 Å². The minimum atomic E-state index is -0.417. The zero-order valence-electron chi connectivity index (χ0n) is 14.9. The van der Waals surface area contributed by atoms with Crippen LogP contribution in [0.2, 0.25) is 0 Å². The number of hydrogen-bond acceptors (Lipinski definition) is 4. The van der Waals surface area contributed by atoms with E-state index in [9.17, 15) is 9.59 Å². The molecule has 8 heteroatoms. The second-order valence-electron chi connectivity index (χ2n) is 5.92. The summed E-state index contributed by atoms with van der Waals surface area (Å²) in [7, 11) is 0. The summed E-state index contributed by atoms with van der Waals surface area (Å²) in [5, 5.41) is 2.51. The highest BCUT2D eigenvalue weighted by Gasteiger charge is 2.12. The van der Waals surface area contributed by atoms with Crippen molar-refractivity contribution >= 4 is 51.7 Å². The number of hydrogen-bond donors (Lipinski definition) is 3. The van der Waals surface area contributed by atoms with Crippen molar-refractivity contribution in [2.45, 2.75) is 19.8 Å². The van der Waals surface area contributed by atoms with Gasteiger partial charge in [0.05, 0.1) is 5.56 Å². The number of carbonyl (C=O) groups is 2. The Hall–Kier alpha value is -2.20. The number of hydrazine groups is 1. The Morgan fingerprint density at radius 1 is 1.07 bits per heavy atom. The van der Waals surface area contributed by atoms with Crippen LogP contribution < -0.4 is 20.9 Å². The number of benzene rings is 2. The van der Waals surface area contributed by atoms with Crippen molar-refractivity contribution in [3.63, 3.8) is 0 Å². The van der Waals surface area contributed by atoms with E-state index >= 15 is 0 Å². The lowest BCUT2D eigenvalue weighted by Gasteiger charge is -2.14. The zero-order valence-corrected chi connectivity index (χ0v) is 17.9. The van der Waals surface area contributed by atoms with Crippen LogP contribution in [0.1, 0.15) is 35.7 Å². The number of carbonyl (C=O) groups excluding carboxylic acids is 2. The third-order valence-electron chi connectivity index (χ3n) is 3.56. The molecule has 142 valence electrons. The first kappa shape index (κ1) is 21.1. The minimum absolute atomic E-state index is 0.00409. The number of para-hydroxylation sites is 1. The third-order valence-corrected chi connectivity index (χ3v) is 4.71. The average molecular weight is 497 g/mol. The van der Waals surface area contributed by atoms with E-state index in [-0.39, 0.29) is 23.5 Å². The minimum Gasteiger partial charge on any atom is -0.483 e. The van der Waals surface area contributed by atoms with E-state index in [1.807, 2.05) is 36.4 Å². The average Bonchev–Trinajstić information content (AvgIpc) is 2.65. The highest BCUT2D eigenvalue weighted by Crippen LogP contribution is 2.25. The maximum Gasteiger partial charge on any atom is 0.276 e. The van der Waals surface area contributed by atoms with Crippen molar-refractivity contribution in [1.29, 1.82) is 0 Å². The normalized spacial score (nSPS) is 10.2. The summed E-state index contributed by atoms with van der Waals surface area (Å²) in [6.45, 7) is 3.93. The van der Waals surface area contributed by atoms with Gasteiger partial charge in [0.15, 0.2) is 11.7 Å². The molecule has 2 aromatic rings. The molecule has 0 heterocycles. The van der Waals surface area contributed by atoms with E-state index < -0.39 is 5.91 Å². The molecule has 3 N–H and O–H groups in total. The van der Waals surface area contributed by atoms with E-state index in [1.165, 1.54) is 0 Å². The Bertz CT molecular complexity index is 842. The Kier molecular flexibility index (Phi) is 7.99. The number of halogens is 1. The van der Waals surface area contributed by atoms with Crippen LogP contribution in [0.5, 0.6) is 5.75 Å². The fourth-order valence-electron chi connectivity index (χ4n) is 2.24. The first-order valence-electron chi connectivity index (χ1n) is 8.25. The first-order valence-corrected chi connectivity index (χ1v) is 9.73. The second kappa shape index (κ2) is 10.2. The first-order chi connectivity index (χ1) is 12.9.